The van der Waals surface area contributed by atoms with Gasteiger partial charge in [0.2, 0.25) is 5.95 Å². The Hall–Kier alpha value is -1.41. The van der Waals surface area contributed by atoms with Gasteiger partial charge >= 0.3 is 6.18 Å². The molecule has 1 N–H and O–H groups in total. The number of halogens is 3. The summed E-state index contributed by atoms with van der Waals surface area (Å²) in [5, 5.41) is 9.94. The lowest BCUT2D eigenvalue weighted by Crippen LogP contribution is -2.49. The number of aliphatic hydroxyl groups is 1. The molecule has 130 valence electrons. The van der Waals surface area contributed by atoms with Gasteiger partial charge in [0.15, 0.2) is 0 Å². The Balaban J connectivity index is 1.87. The Morgan fingerprint density at radius 1 is 1.26 bits per heavy atom. The minimum Gasteiger partial charge on any atom is -0.392 e. The van der Waals surface area contributed by atoms with Crippen LogP contribution in [0.15, 0.2) is 12.3 Å². The predicted octanol–water partition coefficient (Wildman–Crippen LogP) is 2.17. The summed E-state index contributed by atoms with van der Waals surface area (Å²) in [4.78, 5) is 11.4. The zero-order valence-electron chi connectivity index (χ0n) is 13.3. The van der Waals surface area contributed by atoms with E-state index in [1.807, 2.05) is 0 Å². The minimum absolute atomic E-state index is 0.117. The van der Waals surface area contributed by atoms with Gasteiger partial charge in [0, 0.05) is 38.9 Å². The number of nitrogens with zero attached hydrogens (tertiary/aromatic N) is 4. The van der Waals surface area contributed by atoms with E-state index in [0.717, 1.165) is 31.5 Å². The van der Waals surface area contributed by atoms with Gasteiger partial charge in [-0.2, -0.15) is 13.2 Å². The average molecular weight is 332 g/mol. The van der Waals surface area contributed by atoms with E-state index in [9.17, 15) is 18.3 Å². The average Bonchev–Trinajstić information content (AvgIpc) is 2.53. The highest BCUT2D eigenvalue weighted by Gasteiger charge is 2.33. The van der Waals surface area contributed by atoms with Crippen molar-refractivity contribution in [2.24, 2.45) is 0 Å². The maximum Gasteiger partial charge on any atom is 0.433 e. The molecule has 1 fully saturated rings. The largest absolute Gasteiger partial charge is 0.433 e. The van der Waals surface area contributed by atoms with Crippen LogP contribution in [0.3, 0.4) is 0 Å². The molecule has 0 aromatic carbocycles. The molecule has 1 aliphatic heterocycles. The van der Waals surface area contributed by atoms with E-state index in [4.69, 9.17) is 0 Å². The molecule has 1 aromatic heterocycles. The maximum absolute atomic E-state index is 12.7. The Labute approximate surface area is 134 Å². The zero-order valence-corrected chi connectivity index (χ0v) is 13.3. The predicted molar refractivity (Wildman–Crippen MR) is 81.2 cm³/mol. The highest BCUT2D eigenvalue weighted by Crippen LogP contribution is 2.28. The van der Waals surface area contributed by atoms with E-state index in [1.54, 1.807) is 4.90 Å². The molecule has 1 aliphatic rings. The third kappa shape index (κ3) is 5.31. The van der Waals surface area contributed by atoms with Gasteiger partial charge in [0.05, 0.1) is 6.10 Å². The van der Waals surface area contributed by atoms with Gasteiger partial charge in [-0.3, -0.25) is 4.90 Å². The number of hydrogen-bond acceptors (Lipinski definition) is 5. The summed E-state index contributed by atoms with van der Waals surface area (Å²) in [5.41, 5.74) is -0.917. The van der Waals surface area contributed by atoms with Crippen LogP contribution in [-0.2, 0) is 6.18 Å². The molecule has 2 rings (SSSR count). The SMILES string of the molecule is CCCCC(O)CN1CCN(c2nccc(C(F)(F)F)n2)CC1. The molecule has 5 nitrogen and oxygen atoms in total. The lowest BCUT2D eigenvalue weighted by Gasteiger charge is -2.35. The van der Waals surface area contributed by atoms with E-state index in [2.05, 4.69) is 21.8 Å². The molecule has 0 amide bonds. The topological polar surface area (TPSA) is 52.5 Å². The first-order chi connectivity index (χ1) is 10.9. The molecule has 2 heterocycles. The summed E-state index contributed by atoms with van der Waals surface area (Å²) in [7, 11) is 0. The molecule has 1 saturated heterocycles. The van der Waals surface area contributed by atoms with E-state index >= 15 is 0 Å². The fourth-order valence-electron chi connectivity index (χ4n) is 2.62. The fourth-order valence-corrected chi connectivity index (χ4v) is 2.62. The van der Waals surface area contributed by atoms with Gasteiger partial charge in [0.25, 0.3) is 0 Å². The van der Waals surface area contributed by atoms with Crippen molar-refractivity contribution in [3.05, 3.63) is 18.0 Å². The van der Waals surface area contributed by atoms with Crippen molar-refractivity contribution in [3.8, 4) is 0 Å². The summed E-state index contributed by atoms with van der Waals surface area (Å²) in [6.07, 6.45) is -0.814. The smallest absolute Gasteiger partial charge is 0.392 e. The van der Waals surface area contributed by atoms with Crippen LogP contribution >= 0.6 is 0 Å². The summed E-state index contributed by atoms with van der Waals surface area (Å²) < 4.78 is 38.1. The Kier molecular flexibility index (Phi) is 6.17. The highest BCUT2D eigenvalue weighted by molar-refractivity contribution is 5.31. The molecule has 0 spiro atoms. The second-order valence-corrected chi connectivity index (χ2v) is 5.82. The van der Waals surface area contributed by atoms with E-state index < -0.39 is 11.9 Å². The van der Waals surface area contributed by atoms with Gasteiger partial charge < -0.3 is 10.0 Å². The third-order valence-electron chi connectivity index (χ3n) is 3.95. The van der Waals surface area contributed by atoms with Gasteiger partial charge in [-0.05, 0) is 12.5 Å². The number of rotatable bonds is 6. The molecular formula is C15H23F3N4O. The quantitative estimate of drug-likeness (QED) is 0.865. The van der Waals surface area contributed by atoms with Crippen LogP contribution in [0.25, 0.3) is 0 Å². The zero-order chi connectivity index (χ0) is 16.9. The second-order valence-electron chi connectivity index (χ2n) is 5.82. The van der Waals surface area contributed by atoms with E-state index in [1.165, 1.54) is 0 Å². The molecule has 23 heavy (non-hydrogen) atoms. The first-order valence-electron chi connectivity index (χ1n) is 7.95. The number of alkyl halides is 3. The molecule has 0 saturated carbocycles. The van der Waals surface area contributed by atoms with Crippen molar-refractivity contribution in [3.63, 3.8) is 0 Å². The van der Waals surface area contributed by atoms with Gasteiger partial charge in [-0.1, -0.05) is 19.8 Å². The lowest BCUT2D eigenvalue weighted by atomic mass is 10.1. The molecular weight excluding hydrogens is 309 g/mol. The summed E-state index contributed by atoms with van der Waals surface area (Å²) >= 11 is 0. The van der Waals surface area contributed by atoms with Crippen molar-refractivity contribution in [2.45, 2.75) is 38.5 Å². The number of unbranched alkanes of at least 4 members (excludes halogenated alkanes) is 1. The first kappa shape index (κ1) is 17.9. The van der Waals surface area contributed by atoms with E-state index in [0.29, 0.717) is 32.7 Å². The van der Waals surface area contributed by atoms with Crippen molar-refractivity contribution in [2.75, 3.05) is 37.6 Å². The van der Waals surface area contributed by atoms with Gasteiger partial charge in [-0.25, -0.2) is 9.97 Å². The molecule has 8 heteroatoms. The molecule has 0 aliphatic carbocycles. The normalized spacial score (nSPS) is 18.2. The molecule has 0 radical (unpaired) electrons. The summed E-state index contributed by atoms with van der Waals surface area (Å²) in [5.74, 6) is 0.117. The lowest BCUT2D eigenvalue weighted by molar-refractivity contribution is -0.141. The fraction of sp³-hybridized carbons (Fsp3) is 0.733. The Morgan fingerprint density at radius 3 is 2.57 bits per heavy atom. The molecule has 1 unspecified atom stereocenters. The molecule has 1 aromatic rings. The third-order valence-corrected chi connectivity index (χ3v) is 3.95. The Bertz CT molecular complexity index is 490. The van der Waals surface area contributed by atoms with Crippen LogP contribution in [0.2, 0.25) is 0 Å². The summed E-state index contributed by atoms with van der Waals surface area (Å²) in [6.45, 7) is 5.17. The molecule has 0 bridgehead atoms. The first-order valence-corrected chi connectivity index (χ1v) is 7.95. The standard InChI is InChI=1S/C15H23F3N4O/c1-2-3-4-12(23)11-21-7-9-22(10-8-21)14-19-6-5-13(20-14)15(16,17)18/h5-6,12,23H,2-4,7-11H2,1H3. The number of aliphatic hydroxyl groups excluding tert-OH is 1. The van der Waals surface area contributed by atoms with Crippen LogP contribution in [0, 0.1) is 0 Å². The van der Waals surface area contributed by atoms with Crippen LogP contribution < -0.4 is 4.90 Å². The highest BCUT2D eigenvalue weighted by atomic mass is 19.4. The number of anilines is 1. The Morgan fingerprint density at radius 2 is 1.96 bits per heavy atom. The van der Waals surface area contributed by atoms with Crippen LogP contribution in [-0.4, -0.2) is 58.8 Å². The monoisotopic (exact) mass is 332 g/mol. The van der Waals surface area contributed by atoms with Gasteiger partial charge in [0.1, 0.15) is 5.69 Å². The number of hydrogen-bond donors (Lipinski definition) is 1. The van der Waals surface area contributed by atoms with Crippen LogP contribution in [0.4, 0.5) is 19.1 Å². The maximum atomic E-state index is 12.7. The van der Waals surface area contributed by atoms with E-state index in [-0.39, 0.29) is 12.1 Å². The second kappa shape index (κ2) is 7.92. The minimum atomic E-state index is -4.46. The van der Waals surface area contributed by atoms with Crippen LogP contribution in [0.1, 0.15) is 31.9 Å². The van der Waals surface area contributed by atoms with Gasteiger partial charge in [-0.15, -0.1) is 0 Å². The van der Waals surface area contributed by atoms with Crippen LogP contribution in [0.5, 0.6) is 0 Å². The van der Waals surface area contributed by atoms with Crippen molar-refractivity contribution in [1.82, 2.24) is 14.9 Å². The summed E-state index contributed by atoms with van der Waals surface area (Å²) in [6, 6.07) is 0.879. The number of β-amino-alcohol motifs (C(OH)–C–C–N with tert-alkyl or cyclic N) is 1. The molecule has 1 atom stereocenters. The van der Waals surface area contributed by atoms with Crippen molar-refractivity contribution < 1.29 is 18.3 Å². The number of aromatic nitrogens is 2. The van der Waals surface area contributed by atoms with Crippen molar-refractivity contribution >= 4 is 5.95 Å². The number of piperazine rings is 1. The van der Waals surface area contributed by atoms with Crippen molar-refractivity contribution in [1.29, 1.82) is 0 Å².